The average molecular weight is 256 g/mol. The van der Waals surface area contributed by atoms with Gasteiger partial charge in [0.1, 0.15) is 0 Å². The minimum absolute atomic E-state index is 0.0562. The summed E-state index contributed by atoms with van der Waals surface area (Å²) in [4.78, 5) is 1.41. The molecule has 18 heavy (non-hydrogen) atoms. The largest absolute Gasteiger partial charge is 0.416 e. The number of tetrazole rings is 1. The molecule has 0 radical (unpaired) electrons. The molecule has 0 saturated carbocycles. The van der Waals surface area contributed by atoms with Gasteiger partial charge in [-0.25, -0.2) is 0 Å². The Morgan fingerprint density at radius 2 is 1.72 bits per heavy atom. The van der Waals surface area contributed by atoms with Crippen molar-refractivity contribution >= 4 is 0 Å². The van der Waals surface area contributed by atoms with Crippen molar-refractivity contribution in [2.24, 2.45) is 0 Å². The van der Waals surface area contributed by atoms with Crippen LogP contribution < -0.4 is 0 Å². The van der Waals surface area contributed by atoms with Gasteiger partial charge in [0.15, 0.2) is 0 Å². The van der Waals surface area contributed by atoms with E-state index in [1.807, 2.05) is 13.8 Å². The molecule has 1 aromatic carbocycles. The lowest BCUT2D eigenvalue weighted by atomic mass is 10.1. The summed E-state index contributed by atoms with van der Waals surface area (Å²) in [5.74, 6) is 0.317. The van der Waals surface area contributed by atoms with Crippen molar-refractivity contribution in [3.05, 3.63) is 29.8 Å². The second-order valence-corrected chi connectivity index (χ2v) is 4.10. The smallest absolute Gasteiger partial charge is 0.166 e. The van der Waals surface area contributed by atoms with E-state index in [0.717, 1.165) is 12.1 Å². The van der Waals surface area contributed by atoms with Gasteiger partial charge in [-0.05, 0) is 31.2 Å². The highest BCUT2D eigenvalue weighted by atomic mass is 19.4. The second kappa shape index (κ2) is 4.40. The third-order valence-electron chi connectivity index (χ3n) is 2.36. The molecule has 2 rings (SSSR count). The van der Waals surface area contributed by atoms with E-state index in [9.17, 15) is 13.2 Å². The van der Waals surface area contributed by atoms with E-state index in [1.54, 1.807) is 0 Å². The fourth-order valence-corrected chi connectivity index (χ4v) is 1.37. The maximum absolute atomic E-state index is 12.4. The minimum atomic E-state index is -4.33. The van der Waals surface area contributed by atoms with E-state index in [2.05, 4.69) is 15.4 Å². The van der Waals surface area contributed by atoms with Crippen molar-refractivity contribution in [3.8, 4) is 11.4 Å². The summed E-state index contributed by atoms with van der Waals surface area (Å²) in [5.41, 5.74) is -0.183. The fraction of sp³-hybridized carbons (Fsp3) is 0.364. The van der Waals surface area contributed by atoms with Crippen molar-refractivity contribution < 1.29 is 13.2 Å². The van der Waals surface area contributed by atoms with E-state index in [0.29, 0.717) is 11.4 Å². The van der Waals surface area contributed by atoms with Crippen LogP contribution in [-0.4, -0.2) is 20.2 Å². The summed E-state index contributed by atoms with van der Waals surface area (Å²) in [6, 6.07) is 4.74. The molecule has 0 fully saturated rings. The number of hydrogen-bond donors (Lipinski definition) is 0. The van der Waals surface area contributed by atoms with Gasteiger partial charge in [-0.3, -0.25) is 0 Å². The third-order valence-corrected chi connectivity index (χ3v) is 2.36. The Hall–Kier alpha value is -1.92. The summed E-state index contributed by atoms with van der Waals surface area (Å²) in [6.07, 6.45) is -4.33. The zero-order valence-corrected chi connectivity index (χ0v) is 9.81. The van der Waals surface area contributed by atoms with Gasteiger partial charge in [-0.15, -0.1) is 10.2 Å². The fourth-order valence-electron chi connectivity index (χ4n) is 1.37. The van der Waals surface area contributed by atoms with Gasteiger partial charge in [0, 0.05) is 5.56 Å². The molecule has 1 aromatic heterocycles. The molecule has 0 spiro atoms. The van der Waals surface area contributed by atoms with E-state index >= 15 is 0 Å². The third kappa shape index (κ3) is 2.49. The van der Waals surface area contributed by atoms with Crippen molar-refractivity contribution in [2.75, 3.05) is 0 Å². The SMILES string of the molecule is CC(C)n1nnc(-c2ccc(C(F)(F)F)cc2)n1. The predicted octanol–water partition coefficient (Wildman–Crippen LogP) is 2.94. The van der Waals surface area contributed by atoms with Crippen LogP contribution in [0, 0.1) is 0 Å². The lowest BCUT2D eigenvalue weighted by molar-refractivity contribution is -0.137. The first-order chi connectivity index (χ1) is 8.38. The number of rotatable bonds is 2. The average Bonchev–Trinajstić information content (AvgIpc) is 2.77. The predicted molar refractivity (Wildman–Crippen MR) is 58.6 cm³/mol. The van der Waals surface area contributed by atoms with Crippen LogP contribution in [0.4, 0.5) is 13.2 Å². The summed E-state index contributed by atoms with van der Waals surface area (Å²) >= 11 is 0. The first kappa shape index (κ1) is 12.5. The van der Waals surface area contributed by atoms with Gasteiger partial charge in [0.05, 0.1) is 11.6 Å². The van der Waals surface area contributed by atoms with E-state index in [4.69, 9.17) is 0 Å². The summed E-state index contributed by atoms with van der Waals surface area (Å²) < 4.78 is 37.2. The maximum atomic E-state index is 12.4. The van der Waals surface area contributed by atoms with Crippen molar-refractivity contribution in [1.82, 2.24) is 20.2 Å². The Bertz CT molecular complexity index is 528. The van der Waals surface area contributed by atoms with E-state index in [-0.39, 0.29) is 6.04 Å². The van der Waals surface area contributed by atoms with Crippen LogP contribution in [-0.2, 0) is 6.18 Å². The molecule has 0 unspecified atom stereocenters. The first-order valence-electron chi connectivity index (χ1n) is 5.35. The van der Waals surface area contributed by atoms with Crippen LogP contribution in [0.1, 0.15) is 25.5 Å². The summed E-state index contributed by atoms with van der Waals surface area (Å²) in [5, 5.41) is 11.7. The van der Waals surface area contributed by atoms with Gasteiger partial charge in [0.25, 0.3) is 0 Å². The molecule has 2 aromatic rings. The van der Waals surface area contributed by atoms with E-state index < -0.39 is 11.7 Å². The Morgan fingerprint density at radius 3 is 2.17 bits per heavy atom. The highest BCUT2D eigenvalue weighted by molar-refractivity contribution is 5.54. The Labute approximate surface area is 101 Å². The minimum Gasteiger partial charge on any atom is -0.166 e. The normalized spacial score (nSPS) is 12.1. The molecule has 0 N–H and O–H groups in total. The van der Waals surface area contributed by atoms with Crippen LogP contribution in [0.25, 0.3) is 11.4 Å². The van der Waals surface area contributed by atoms with Gasteiger partial charge in [-0.2, -0.15) is 18.0 Å². The Kier molecular flexibility index (Phi) is 3.06. The van der Waals surface area contributed by atoms with Gasteiger partial charge in [-0.1, -0.05) is 12.1 Å². The van der Waals surface area contributed by atoms with Crippen LogP contribution in [0.3, 0.4) is 0 Å². The molecule has 0 saturated heterocycles. The van der Waals surface area contributed by atoms with Crippen LogP contribution in [0.15, 0.2) is 24.3 Å². The second-order valence-electron chi connectivity index (χ2n) is 4.10. The van der Waals surface area contributed by atoms with Crippen LogP contribution in [0.2, 0.25) is 0 Å². The topological polar surface area (TPSA) is 43.6 Å². The Balaban J connectivity index is 2.29. The molecule has 0 aliphatic heterocycles. The lowest BCUT2D eigenvalue weighted by Crippen LogP contribution is -2.05. The number of benzene rings is 1. The quantitative estimate of drug-likeness (QED) is 0.829. The molecule has 1 heterocycles. The molecule has 0 atom stereocenters. The monoisotopic (exact) mass is 256 g/mol. The molecule has 0 amide bonds. The highest BCUT2D eigenvalue weighted by Gasteiger charge is 2.30. The molecule has 0 bridgehead atoms. The standard InChI is InChI=1S/C11H11F3N4/c1-7(2)18-16-10(15-17-18)8-3-5-9(6-4-8)11(12,13)14/h3-7H,1-2H3. The van der Waals surface area contributed by atoms with Gasteiger partial charge >= 0.3 is 6.18 Å². The zero-order valence-electron chi connectivity index (χ0n) is 9.81. The van der Waals surface area contributed by atoms with Crippen LogP contribution >= 0.6 is 0 Å². The summed E-state index contributed by atoms with van der Waals surface area (Å²) in [6.45, 7) is 3.77. The molecule has 4 nitrogen and oxygen atoms in total. The van der Waals surface area contributed by atoms with Crippen molar-refractivity contribution in [2.45, 2.75) is 26.1 Å². The van der Waals surface area contributed by atoms with Gasteiger partial charge < -0.3 is 0 Å². The van der Waals surface area contributed by atoms with Gasteiger partial charge in [0.2, 0.25) is 5.82 Å². The number of nitrogens with zero attached hydrogens (tertiary/aromatic N) is 4. The highest BCUT2D eigenvalue weighted by Crippen LogP contribution is 2.30. The zero-order chi connectivity index (χ0) is 13.3. The number of aromatic nitrogens is 4. The maximum Gasteiger partial charge on any atom is 0.416 e. The van der Waals surface area contributed by atoms with Crippen molar-refractivity contribution in [1.29, 1.82) is 0 Å². The summed E-state index contributed by atoms with van der Waals surface area (Å²) in [7, 11) is 0. The Morgan fingerprint density at radius 1 is 1.11 bits per heavy atom. The lowest BCUT2D eigenvalue weighted by Gasteiger charge is -2.06. The first-order valence-corrected chi connectivity index (χ1v) is 5.35. The molecule has 7 heteroatoms. The molecule has 96 valence electrons. The molecule has 0 aliphatic carbocycles. The van der Waals surface area contributed by atoms with Crippen LogP contribution in [0.5, 0.6) is 0 Å². The van der Waals surface area contributed by atoms with Crippen molar-refractivity contribution in [3.63, 3.8) is 0 Å². The number of halogens is 3. The molecular weight excluding hydrogens is 245 g/mol. The number of alkyl halides is 3. The number of hydrogen-bond acceptors (Lipinski definition) is 3. The molecule has 0 aliphatic rings. The van der Waals surface area contributed by atoms with E-state index in [1.165, 1.54) is 16.9 Å². The molecular formula is C11H11F3N4.